The molecule has 0 aliphatic carbocycles. The molecule has 27 heavy (non-hydrogen) atoms. The van der Waals surface area contributed by atoms with Gasteiger partial charge in [-0.05, 0) is 37.6 Å². The molecule has 0 saturated carbocycles. The smallest absolute Gasteiger partial charge is 0.213 e. The minimum atomic E-state index is 0.472. The Bertz CT molecular complexity index is 705. The van der Waals surface area contributed by atoms with Crippen molar-refractivity contribution in [1.29, 1.82) is 0 Å². The van der Waals surface area contributed by atoms with E-state index in [0.29, 0.717) is 18.5 Å². The molecule has 2 aromatic rings. The van der Waals surface area contributed by atoms with Crippen LogP contribution in [-0.2, 0) is 13.1 Å². The Balaban J connectivity index is 1.72. The highest BCUT2D eigenvalue weighted by molar-refractivity contribution is 5.79. The summed E-state index contributed by atoms with van der Waals surface area (Å²) in [4.78, 5) is 10.8. The van der Waals surface area contributed by atoms with Crippen molar-refractivity contribution in [2.75, 3.05) is 27.7 Å². The van der Waals surface area contributed by atoms with Crippen LogP contribution in [-0.4, -0.2) is 49.6 Å². The van der Waals surface area contributed by atoms with Gasteiger partial charge in [-0.15, -0.1) is 0 Å². The monoisotopic (exact) mass is 369 g/mol. The van der Waals surface area contributed by atoms with Crippen LogP contribution >= 0.6 is 0 Å². The molecule has 0 amide bonds. The number of hydrogen-bond donors (Lipinski definition) is 2. The first-order valence-corrected chi connectivity index (χ1v) is 9.30. The lowest BCUT2D eigenvalue weighted by atomic mass is 10.1. The first kappa shape index (κ1) is 20.7. The Kier molecular flexibility index (Phi) is 8.58. The van der Waals surface area contributed by atoms with Gasteiger partial charge in [-0.25, -0.2) is 4.98 Å². The Hall–Kier alpha value is -2.60. The third-order valence-electron chi connectivity index (χ3n) is 4.57. The number of rotatable bonds is 9. The molecule has 1 aromatic carbocycles. The molecule has 1 aromatic heterocycles. The van der Waals surface area contributed by atoms with Gasteiger partial charge < -0.3 is 15.4 Å². The van der Waals surface area contributed by atoms with Gasteiger partial charge in [-0.2, -0.15) is 0 Å². The summed E-state index contributed by atoms with van der Waals surface area (Å²) in [6, 6.07) is 14.9. The van der Waals surface area contributed by atoms with Crippen LogP contribution in [0.25, 0.3) is 0 Å². The Labute approximate surface area is 162 Å². The van der Waals surface area contributed by atoms with Gasteiger partial charge in [0, 0.05) is 45.0 Å². The molecule has 0 aliphatic rings. The SMILES string of the molecule is CN=C(NCCC(C)N(C)Cc1ccccc1)NCc1ccnc(OC)c1. The molecule has 1 unspecified atom stereocenters. The maximum absolute atomic E-state index is 5.15. The van der Waals surface area contributed by atoms with E-state index in [-0.39, 0.29) is 0 Å². The Morgan fingerprint density at radius 1 is 1.19 bits per heavy atom. The van der Waals surface area contributed by atoms with Gasteiger partial charge in [0.1, 0.15) is 0 Å². The molecule has 0 fully saturated rings. The number of nitrogens with one attached hydrogen (secondary N) is 2. The molecule has 6 nitrogen and oxygen atoms in total. The average Bonchev–Trinajstić information content (AvgIpc) is 2.71. The maximum atomic E-state index is 5.15. The van der Waals surface area contributed by atoms with Crippen molar-refractivity contribution >= 4 is 5.96 Å². The van der Waals surface area contributed by atoms with E-state index in [1.807, 2.05) is 12.1 Å². The number of ether oxygens (including phenoxy) is 1. The minimum absolute atomic E-state index is 0.472. The maximum Gasteiger partial charge on any atom is 0.213 e. The summed E-state index contributed by atoms with van der Waals surface area (Å²) in [5.74, 6) is 1.41. The predicted molar refractivity (Wildman–Crippen MR) is 111 cm³/mol. The summed E-state index contributed by atoms with van der Waals surface area (Å²) in [6.45, 7) is 4.74. The zero-order chi connectivity index (χ0) is 19.5. The van der Waals surface area contributed by atoms with E-state index in [1.165, 1.54) is 5.56 Å². The van der Waals surface area contributed by atoms with Crippen LogP contribution < -0.4 is 15.4 Å². The lowest BCUT2D eigenvalue weighted by molar-refractivity contribution is 0.238. The highest BCUT2D eigenvalue weighted by Crippen LogP contribution is 2.09. The highest BCUT2D eigenvalue weighted by atomic mass is 16.5. The fraction of sp³-hybridized carbons (Fsp3) is 0.429. The number of pyridine rings is 1. The van der Waals surface area contributed by atoms with Gasteiger partial charge in [0.15, 0.2) is 5.96 Å². The van der Waals surface area contributed by atoms with Crippen molar-refractivity contribution in [3.63, 3.8) is 0 Å². The van der Waals surface area contributed by atoms with Gasteiger partial charge in [-0.1, -0.05) is 30.3 Å². The van der Waals surface area contributed by atoms with Gasteiger partial charge in [0.2, 0.25) is 5.88 Å². The van der Waals surface area contributed by atoms with Crippen LogP contribution in [0.1, 0.15) is 24.5 Å². The number of aliphatic imine (C=N–C) groups is 1. The van der Waals surface area contributed by atoms with E-state index < -0.39 is 0 Å². The zero-order valence-corrected chi connectivity index (χ0v) is 16.8. The van der Waals surface area contributed by atoms with E-state index in [0.717, 1.165) is 31.0 Å². The quantitative estimate of drug-likeness (QED) is 0.526. The molecule has 2 rings (SSSR count). The number of nitrogens with zero attached hydrogens (tertiary/aromatic N) is 3. The van der Waals surface area contributed by atoms with Crippen LogP contribution in [0.3, 0.4) is 0 Å². The molecule has 146 valence electrons. The summed E-state index contributed by atoms with van der Waals surface area (Å²) >= 11 is 0. The fourth-order valence-corrected chi connectivity index (χ4v) is 2.73. The third-order valence-corrected chi connectivity index (χ3v) is 4.57. The molecule has 2 N–H and O–H groups in total. The number of benzene rings is 1. The van der Waals surface area contributed by atoms with Gasteiger partial charge >= 0.3 is 0 Å². The van der Waals surface area contributed by atoms with Gasteiger partial charge in [0.05, 0.1) is 7.11 Å². The van der Waals surface area contributed by atoms with Crippen molar-refractivity contribution in [3.05, 3.63) is 59.8 Å². The van der Waals surface area contributed by atoms with Gasteiger partial charge in [0.25, 0.3) is 0 Å². The van der Waals surface area contributed by atoms with E-state index >= 15 is 0 Å². The summed E-state index contributed by atoms with van der Waals surface area (Å²) in [5.41, 5.74) is 2.44. The summed E-state index contributed by atoms with van der Waals surface area (Å²) < 4.78 is 5.15. The second-order valence-electron chi connectivity index (χ2n) is 6.60. The van der Waals surface area contributed by atoms with Crippen molar-refractivity contribution in [2.45, 2.75) is 32.5 Å². The summed E-state index contributed by atoms with van der Waals surface area (Å²) in [5, 5.41) is 6.71. The lowest BCUT2D eigenvalue weighted by Crippen LogP contribution is -2.39. The molecule has 0 bridgehead atoms. The first-order valence-electron chi connectivity index (χ1n) is 9.30. The molecular formula is C21H31N5O. The second kappa shape index (κ2) is 11.2. The molecule has 1 atom stereocenters. The summed E-state index contributed by atoms with van der Waals surface area (Å²) in [7, 11) is 5.57. The normalized spacial score (nSPS) is 12.7. The number of hydrogen-bond acceptors (Lipinski definition) is 4. The number of guanidine groups is 1. The molecule has 6 heteroatoms. The summed E-state index contributed by atoms with van der Waals surface area (Å²) in [6.07, 6.45) is 2.78. The predicted octanol–water partition coefficient (Wildman–Crippen LogP) is 2.67. The van der Waals surface area contributed by atoms with Crippen LogP contribution in [0.2, 0.25) is 0 Å². The average molecular weight is 370 g/mol. The Morgan fingerprint density at radius 3 is 2.67 bits per heavy atom. The lowest BCUT2D eigenvalue weighted by Gasteiger charge is -2.25. The van der Waals surface area contributed by atoms with Crippen LogP contribution in [0.5, 0.6) is 5.88 Å². The van der Waals surface area contributed by atoms with Gasteiger partial charge in [-0.3, -0.25) is 9.89 Å². The topological polar surface area (TPSA) is 61.8 Å². The standard InChI is InChI=1S/C21H31N5O/c1-17(26(3)16-18-8-6-5-7-9-18)10-12-24-21(22-2)25-15-19-11-13-23-20(14-19)27-4/h5-9,11,13-14,17H,10,12,15-16H2,1-4H3,(H2,22,24,25). The number of methoxy groups -OCH3 is 1. The molecule has 0 saturated heterocycles. The molecule has 0 aliphatic heterocycles. The van der Waals surface area contributed by atoms with E-state index in [2.05, 4.69) is 69.8 Å². The zero-order valence-electron chi connectivity index (χ0n) is 16.8. The van der Waals surface area contributed by atoms with Crippen LogP contribution in [0, 0.1) is 0 Å². The van der Waals surface area contributed by atoms with Crippen molar-refractivity contribution < 1.29 is 4.74 Å². The van der Waals surface area contributed by atoms with E-state index in [4.69, 9.17) is 4.74 Å². The molecule has 0 radical (unpaired) electrons. The first-order chi connectivity index (χ1) is 13.1. The molecular weight excluding hydrogens is 338 g/mol. The molecule has 0 spiro atoms. The molecule has 1 heterocycles. The largest absolute Gasteiger partial charge is 0.481 e. The van der Waals surface area contributed by atoms with Crippen LogP contribution in [0.4, 0.5) is 0 Å². The minimum Gasteiger partial charge on any atom is -0.481 e. The Morgan fingerprint density at radius 2 is 1.96 bits per heavy atom. The third kappa shape index (κ3) is 7.27. The van der Waals surface area contributed by atoms with E-state index in [1.54, 1.807) is 20.4 Å². The fourth-order valence-electron chi connectivity index (χ4n) is 2.73. The van der Waals surface area contributed by atoms with Crippen molar-refractivity contribution in [2.24, 2.45) is 4.99 Å². The van der Waals surface area contributed by atoms with Crippen molar-refractivity contribution in [1.82, 2.24) is 20.5 Å². The van der Waals surface area contributed by atoms with Crippen LogP contribution in [0.15, 0.2) is 53.7 Å². The second-order valence-corrected chi connectivity index (χ2v) is 6.60. The number of aromatic nitrogens is 1. The highest BCUT2D eigenvalue weighted by Gasteiger charge is 2.10. The van der Waals surface area contributed by atoms with E-state index in [9.17, 15) is 0 Å². The van der Waals surface area contributed by atoms with Crippen molar-refractivity contribution in [3.8, 4) is 5.88 Å².